The van der Waals surface area contributed by atoms with Crippen LogP contribution in [-0.2, 0) is 18.3 Å². The molecule has 0 nitrogen and oxygen atoms in total. The molecule has 0 aromatic heterocycles. The predicted octanol–water partition coefficient (Wildman–Crippen LogP) is 13.3. The minimum Gasteiger partial charge on any atom is -0.0617 e. The molecule has 0 heteroatoms. The van der Waals surface area contributed by atoms with Crippen molar-refractivity contribution in [3.8, 4) is 22.3 Å². The van der Waals surface area contributed by atoms with E-state index in [1.807, 2.05) is 0 Å². The van der Waals surface area contributed by atoms with E-state index in [0.29, 0.717) is 0 Å². The van der Waals surface area contributed by atoms with E-state index in [2.05, 4.69) is 178 Å². The molecule has 6 aromatic carbocycles. The fraction of sp³-hybridized carbons (Fsp3) is 0.306. The number of benzene rings is 6. The molecule has 1 aliphatic rings. The lowest BCUT2D eigenvalue weighted by Crippen LogP contribution is -2.29. The molecule has 0 amide bonds. The lowest BCUT2D eigenvalue weighted by molar-refractivity contribution is 0.411. The molecule has 0 N–H and O–H groups in total. The third kappa shape index (κ3) is 6.05. The Balaban J connectivity index is 1.56. The minimum atomic E-state index is -0.426. The van der Waals surface area contributed by atoms with Gasteiger partial charge in [-0.05, 0) is 130 Å². The summed E-state index contributed by atoms with van der Waals surface area (Å²) in [5, 5.41) is 2.82. The Kier molecular flexibility index (Phi) is 8.02. The summed E-state index contributed by atoms with van der Waals surface area (Å²) in [6.45, 7) is 23.1. The van der Waals surface area contributed by atoms with E-state index in [1.165, 1.54) is 88.7 Å². The van der Waals surface area contributed by atoms with Crippen LogP contribution < -0.4 is 0 Å². The van der Waals surface area contributed by atoms with Crippen molar-refractivity contribution in [1.29, 1.82) is 0 Å². The largest absolute Gasteiger partial charge is 0.0714 e. The molecule has 49 heavy (non-hydrogen) atoms. The highest BCUT2D eigenvalue weighted by molar-refractivity contribution is 5.95. The summed E-state index contributed by atoms with van der Waals surface area (Å²) < 4.78 is 0. The van der Waals surface area contributed by atoms with Gasteiger partial charge in [-0.2, -0.15) is 0 Å². The van der Waals surface area contributed by atoms with Gasteiger partial charge in [0.2, 0.25) is 0 Å². The van der Waals surface area contributed by atoms with E-state index < -0.39 is 5.41 Å². The molecular weight excluding hydrogens is 589 g/mol. The van der Waals surface area contributed by atoms with Crippen molar-refractivity contribution in [3.63, 3.8) is 0 Å². The molecule has 0 saturated carbocycles. The molecule has 0 atom stereocenters. The van der Waals surface area contributed by atoms with Crippen LogP contribution in [0, 0.1) is 38.5 Å². The van der Waals surface area contributed by atoms with Gasteiger partial charge < -0.3 is 0 Å². The molecule has 7 rings (SSSR count). The van der Waals surface area contributed by atoms with E-state index in [4.69, 9.17) is 0 Å². The lowest BCUT2D eigenvalue weighted by Gasteiger charge is -2.35. The zero-order chi connectivity index (χ0) is 34.9. The monoisotopic (exact) mass is 640 g/mol. The van der Waals surface area contributed by atoms with Gasteiger partial charge in [0, 0.05) is 0 Å². The van der Waals surface area contributed by atoms with Crippen molar-refractivity contribution in [2.45, 2.75) is 87.5 Å². The molecule has 0 bridgehead atoms. The van der Waals surface area contributed by atoms with Crippen LogP contribution in [0.3, 0.4) is 0 Å². The summed E-state index contributed by atoms with van der Waals surface area (Å²) in [6, 6.07) is 42.7. The maximum absolute atomic E-state index is 2.54. The van der Waals surface area contributed by atoms with Gasteiger partial charge in [-0.3, -0.25) is 0 Å². The number of aryl methyl sites for hydroxylation is 4. The Morgan fingerprint density at radius 3 is 1.51 bits per heavy atom. The first-order valence-corrected chi connectivity index (χ1v) is 18.1. The Bertz CT molecular complexity index is 2180. The summed E-state index contributed by atoms with van der Waals surface area (Å²) in [5.41, 5.74) is 18.7. The van der Waals surface area contributed by atoms with Crippen LogP contribution in [0.25, 0.3) is 33.0 Å². The van der Waals surface area contributed by atoms with Crippen LogP contribution in [0.4, 0.5) is 0 Å². The van der Waals surface area contributed by atoms with Crippen molar-refractivity contribution in [1.82, 2.24) is 0 Å². The van der Waals surface area contributed by atoms with Crippen LogP contribution in [0.5, 0.6) is 0 Å². The second-order valence-electron chi connectivity index (χ2n) is 17.4. The molecule has 0 saturated heterocycles. The first kappa shape index (κ1) is 33.1. The lowest BCUT2D eigenvalue weighted by atomic mass is 9.67. The maximum Gasteiger partial charge on any atom is 0.0714 e. The van der Waals surface area contributed by atoms with E-state index in [9.17, 15) is 0 Å². The molecule has 248 valence electrons. The normalized spacial score (nSPS) is 13.8. The number of hydrogen-bond acceptors (Lipinski definition) is 0. The van der Waals surface area contributed by atoms with E-state index in [1.54, 1.807) is 0 Å². The van der Waals surface area contributed by atoms with E-state index in [-0.39, 0.29) is 10.8 Å². The first-order chi connectivity index (χ1) is 23.1. The molecule has 0 radical (unpaired) electrons. The van der Waals surface area contributed by atoms with Gasteiger partial charge in [0.15, 0.2) is 0 Å². The smallest absolute Gasteiger partial charge is 0.0617 e. The second-order valence-corrected chi connectivity index (χ2v) is 17.4. The van der Waals surface area contributed by atoms with Crippen molar-refractivity contribution < 1.29 is 0 Å². The SMILES string of the molecule is Cc1cccc(C2(c3cccc(C)c3)c3cc(C)ccc3-c3ccc(-c4cc(CC(C)(C)C)c5cc(C)cc(CC(C)(C)C)c5c4)cc32)c1. The first-order valence-electron chi connectivity index (χ1n) is 18.1. The summed E-state index contributed by atoms with van der Waals surface area (Å²) in [4.78, 5) is 0. The highest BCUT2D eigenvalue weighted by atomic mass is 14.5. The molecule has 0 spiro atoms. The minimum absolute atomic E-state index is 0.169. The Hall–Kier alpha value is -4.42. The summed E-state index contributed by atoms with van der Waals surface area (Å²) in [5.74, 6) is 0. The summed E-state index contributed by atoms with van der Waals surface area (Å²) in [7, 11) is 0. The standard InChI is InChI=1S/C49H52/c1-31-13-11-15-39(22-31)49(40-16-12-14-32(2)23-40)45-25-33(3)17-19-41(45)42-20-18-35(28-46(42)49)36-26-38(30-48(8,9)10)43-24-34(4)21-37(44(43)27-36)29-47(5,6)7/h11-28H,29-30H2,1-10H3. The fourth-order valence-corrected chi connectivity index (χ4v) is 8.54. The van der Waals surface area contributed by atoms with Gasteiger partial charge in [-0.1, -0.05) is 161 Å². The molecule has 0 unspecified atom stereocenters. The summed E-state index contributed by atoms with van der Waals surface area (Å²) in [6.07, 6.45) is 2.08. The average Bonchev–Trinajstić information content (AvgIpc) is 3.29. The van der Waals surface area contributed by atoms with Crippen molar-refractivity contribution in [3.05, 3.63) is 165 Å². The molecule has 1 aliphatic carbocycles. The number of fused-ring (bicyclic) bond motifs is 4. The zero-order valence-electron chi connectivity index (χ0n) is 31.3. The Morgan fingerprint density at radius 1 is 0.429 bits per heavy atom. The van der Waals surface area contributed by atoms with Gasteiger partial charge in [-0.25, -0.2) is 0 Å². The third-order valence-electron chi connectivity index (χ3n) is 10.4. The number of hydrogen-bond donors (Lipinski definition) is 0. The average molecular weight is 641 g/mol. The molecular formula is C49H52. The van der Waals surface area contributed by atoms with E-state index >= 15 is 0 Å². The second kappa shape index (κ2) is 11.9. The van der Waals surface area contributed by atoms with Gasteiger partial charge >= 0.3 is 0 Å². The highest BCUT2D eigenvalue weighted by Crippen LogP contribution is 2.57. The van der Waals surface area contributed by atoms with Crippen molar-refractivity contribution in [2.24, 2.45) is 10.8 Å². The number of rotatable bonds is 5. The van der Waals surface area contributed by atoms with Gasteiger partial charge in [0.1, 0.15) is 0 Å². The Labute approximate surface area is 295 Å². The Morgan fingerprint density at radius 2 is 0.939 bits per heavy atom. The molecule has 0 fully saturated rings. The van der Waals surface area contributed by atoms with Gasteiger partial charge in [0.05, 0.1) is 5.41 Å². The topological polar surface area (TPSA) is 0 Å². The summed E-state index contributed by atoms with van der Waals surface area (Å²) >= 11 is 0. The zero-order valence-corrected chi connectivity index (χ0v) is 31.3. The molecule has 0 heterocycles. The van der Waals surface area contributed by atoms with Gasteiger partial charge in [0.25, 0.3) is 0 Å². The van der Waals surface area contributed by atoms with Gasteiger partial charge in [-0.15, -0.1) is 0 Å². The van der Waals surface area contributed by atoms with Crippen molar-refractivity contribution in [2.75, 3.05) is 0 Å². The third-order valence-corrected chi connectivity index (χ3v) is 10.4. The molecule has 0 aliphatic heterocycles. The van der Waals surface area contributed by atoms with Crippen LogP contribution in [-0.4, -0.2) is 0 Å². The van der Waals surface area contributed by atoms with Crippen LogP contribution in [0.2, 0.25) is 0 Å². The van der Waals surface area contributed by atoms with Crippen LogP contribution >= 0.6 is 0 Å². The fourth-order valence-electron chi connectivity index (χ4n) is 8.54. The van der Waals surface area contributed by atoms with Crippen LogP contribution in [0.1, 0.15) is 97.2 Å². The highest BCUT2D eigenvalue weighted by Gasteiger charge is 2.46. The van der Waals surface area contributed by atoms with Crippen LogP contribution in [0.15, 0.2) is 109 Å². The maximum atomic E-state index is 2.54. The van der Waals surface area contributed by atoms with E-state index in [0.717, 1.165) is 12.8 Å². The van der Waals surface area contributed by atoms with Crippen molar-refractivity contribution >= 4 is 10.8 Å². The quantitative estimate of drug-likeness (QED) is 0.176. The predicted molar refractivity (Wildman–Crippen MR) is 212 cm³/mol. The molecule has 6 aromatic rings.